The van der Waals surface area contributed by atoms with Gasteiger partial charge in [0.25, 0.3) is 0 Å². The quantitative estimate of drug-likeness (QED) is 0.755. The van der Waals surface area contributed by atoms with Crippen molar-refractivity contribution in [2.24, 2.45) is 0 Å². The zero-order valence-corrected chi connectivity index (χ0v) is 10.8. The molecular formula is C14H15ClO2. The van der Waals surface area contributed by atoms with E-state index in [1.54, 1.807) is 24.3 Å². The van der Waals surface area contributed by atoms with E-state index in [1.807, 2.05) is 0 Å². The Balaban J connectivity index is 0.000000317. The van der Waals surface area contributed by atoms with Crippen molar-refractivity contribution in [1.82, 2.24) is 0 Å². The van der Waals surface area contributed by atoms with Gasteiger partial charge in [-0.3, -0.25) is 9.59 Å². The van der Waals surface area contributed by atoms with Crippen LogP contribution in [0.25, 0.3) is 0 Å². The number of ketones is 2. The fourth-order valence-electron chi connectivity index (χ4n) is 1.28. The number of unbranched alkanes of at least 4 members (excludes halogenated alkanes) is 1. The van der Waals surface area contributed by atoms with E-state index in [4.69, 9.17) is 11.6 Å². The lowest BCUT2D eigenvalue weighted by atomic mass is 9.95. The second kappa shape index (κ2) is 6.36. The molecular weight excluding hydrogens is 236 g/mol. The summed E-state index contributed by atoms with van der Waals surface area (Å²) in [5, 5.41) is -0.0105. The molecule has 0 radical (unpaired) electrons. The van der Waals surface area contributed by atoms with Crippen molar-refractivity contribution in [3.63, 3.8) is 0 Å². The van der Waals surface area contributed by atoms with E-state index in [0.29, 0.717) is 11.1 Å². The third-order valence-corrected chi connectivity index (χ3v) is 2.69. The molecule has 1 aliphatic rings. The number of benzene rings is 1. The predicted octanol–water partition coefficient (Wildman–Crippen LogP) is 3.99. The lowest BCUT2D eigenvalue weighted by Gasteiger charge is -2.09. The average Bonchev–Trinajstić information content (AvgIpc) is 2.36. The normalized spacial score (nSPS) is 13.5. The van der Waals surface area contributed by atoms with Crippen molar-refractivity contribution in [2.75, 3.05) is 0 Å². The van der Waals surface area contributed by atoms with Crippen molar-refractivity contribution in [3.05, 3.63) is 46.5 Å². The number of Topliss-reactive ketones (excluding diaryl/α,β-unsaturated/α-hetero) is 1. The third kappa shape index (κ3) is 3.27. The molecule has 3 heteroatoms. The van der Waals surface area contributed by atoms with Crippen LogP contribution in [0.3, 0.4) is 0 Å². The van der Waals surface area contributed by atoms with Crippen LogP contribution < -0.4 is 0 Å². The van der Waals surface area contributed by atoms with Gasteiger partial charge >= 0.3 is 0 Å². The molecule has 0 bridgehead atoms. The van der Waals surface area contributed by atoms with Crippen LogP contribution in [0.4, 0.5) is 0 Å². The molecule has 90 valence electrons. The SMILES string of the molecule is CCCC.O=C1C=C(Cl)C(=O)c2ccccc21. The van der Waals surface area contributed by atoms with Gasteiger partial charge in [0.05, 0.1) is 5.03 Å². The fourth-order valence-corrected chi connectivity index (χ4v) is 1.48. The molecule has 0 aromatic heterocycles. The van der Waals surface area contributed by atoms with Crippen LogP contribution >= 0.6 is 11.6 Å². The van der Waals surface area contributed by atoms with Gasteiger partial charge < -0.3 is 0 Å². The van der Waals surface area contributed by atoms with Crippen LogP contribution in [0.15, 0.2) is 35.4 Å². The van der Waals surface area contributed by atoms with E-state index in [2.05, 4.69) is 13.8 Å². The summed E-state index contributed by atoms with van der Waals surface area (Å²) in [7, 11) is 0. The molecule has 17 heavy (non-hydrogen) atoms. The van der Waals surface area contributed by atoms with Gasteiger partial charge in [-0.2, -0.15) is 0 Å². The maximum absolute atomic E-state index is 11.4. The molecule has 0 unspecified atom stereocenters. The summed E-state index contributed by atoms with van der Waals surface area (Å²) in [6.45, 7) is 4.36. The number of rotatable bonds is 1. The lowest BCUT2D eigenvalue weighted by Crippen LogP contribution is -2.13. The molecule has 2 rings (SSSR count). The molecule has 0 heterocycles. The minimum absolute atomic E-state index is 0.0105. The molecule has 1 aliphatic carbocycles. The summed E-state index contributed by atoms with van der Waals surface area (Å²) < 4.78 is 0. The molecule has 0 aliphatic heterocycles. The summed E-state index contributed by atoms with van der Waals surface area (Å²) in [6, 6.07) is 6.65. The highest BCUT2D eigenvalue weighted by molar-refractivity contribution is 6.48. The van der Waals surface area contributed by atoms with Crippen molar-refractivity contribution in [3.8, 4) is 0 Å². The molecule has 0 amide bonds. The second-order valence-corrected chi connectivity index (χ2v) is 4.14. The Hall–Kier alpha value is -1.41. The van der Waals surface area contributed by atoms with Crippen molar-refractivity contribution in [1.29, 1.82) is 0 Å². The van der Waals surface area contributed by atoms with E-state index in [1.165, 1.54) is 12.8 Å². The predicted molar refractivity (Wildman–Crippen MR) is 69.6 cm³/mol. The molecule has 0 atom stereocenters. The minimum atomic E-state index is -0.281. The van der Waals surface area contributed by atoms with E-state index in [9.17, 15) is 9.59 Å². The largest absolute Gasteiger partial charge is 0.289 e. The third-order valence-electron chi connectivity index (χ3n) is 2.41. The first kappa shape index (κ1) is 13.7. The number of hydrogen-bond acceptors (Lipinski definition) is 2. The van der Waals surface area contributed by atoms with Crippen LogP contribution in [-0.2, 0) is 0 Å². The topological polar surface area (TPSA) is 34.1 Å². The number of carbonyl (C=O) groups is 2. The molecule has 0 spiro atoms. The molecule has 1 aromatic carbocycles. The average molecular weight is 251 g/mol. The van der Waals surface area contributed by atoms with Crippen LogP contribution in [0.5, 0.6) is 0 Å². The highest BCUT2D eigenvalue weighted by Crippen LogP contribution is 2.22. The van der Waals surface area contributed by atoms with Crippen LogP contribution in [-0.4, -0.2) is 11.6 Å². The summed E-state index contributed by atoms with van der Waals surface area (Å²) in [4.78, 5) is 22.7. The molecule has 0 fully saturated rings. The van der Waals surface area contributed by atoms with Crippen LogP contribution in [0.2, 0.25) is 0 Å². The Kier molecular flexibility index (Phi) is 5.11. The van der Waals surface area contributed by atoms with Crippen LogP contribution in [0.1, 0.15) is 47.4 Å². The Morgan fingerprint density at radius 3 is 2.06 bits per heavy atom. The van der Waals surface area contributed by atoms with Gasteiger partial charge in [-0.25, -0.2) is 0 Å². The maximum Gasteiger partial charge on any atom is 0.205 e. The number of carbonyl (C=O) groups excluding carboxylic acids is 2. The summed E-state index contributed by atoms with van der Waals surface area (Å²) in [5.74, 6) is -0.489. The van der Waals surface area contributed by atoms with Crippen LogP contribution in [0, 0.1) is 0 Å². The van der Waals surface area contributed by atoms with Gasteiger partial charge in [-0.1, -0.05) is 62.6 Å². The standard InChI is InChI=1S/C10H5ClO2.C4H10/c11-8-5-9(12)6-3-1-2-4-7(6)10(8)13;1-3-4-2/h1-5H;3-4H2,1-2H3. The monoisotopic (exact) mass is 250 g/mol. The van der Waals surface area contributed by atoms with E-state index < -0.39 is 0 Å². The van der Waals surface area contributed by atoms with Gasteiger partial charge in [-0.05, 0) is 0 Å². The second-order valence-electron chi connectivity index (χ2n) is 3.73. The number of hydrogen-bond donors (Lipinski definition) is 0. The lowest BCUT2D eigenvalue weighted by molar-refractivity contribution is 0.0990. The molecule has 0 N–H and O–H groups in total. The Morgan fingerprint density at radius 2 is 1.53 bits per heavy atom. The van der Waals surface area contributed by atoms with E-state index in [-0.39, 0.29) is 16.6 Å². The van der Waals surface area contributed by atoms with Gasteiger partial charge in [0.15, 0.2) is 5.78 Å². The first-order chi connectivity index (χ1) is 8.11. The summed E-state index contributed by atoms with van der Waals surface area (Å²) in [5.41, 5.74) is 0.817. The highest BCUT2D eigenvalue weighted by Gasteiger charge is 2.23. The first-order valence-electron chi connectivity index (χ1n) is 5.67. The molecule has 0 saturated carbocycles. The highest BCUT2D eigenvalue weighted by atomic mass is 35.5. The van der Waals surface area contributed by atoms with Gasteiger partial charge in [0, 0.05) is 17.2 Å². The Bertz CT molecular complexity index is 459. The molecule has 0 saturated heterocycles. The van der Waals surface area contributed by atoms with Crippen molar-refractivity contribution < 1.29 is 9.59 Å². The summed E-state index contributed by atoms with van der Waals surface area (Å²) >= 11 is 5.58. The van der Waals surface area contributed by atoms with Gasteiger partial charge in [-0.15, -0.1) is 0 Å². The fraction of sp³-hybridized carbons (Fsp3) is 0.286. The first-order valence-corrected chi connectivity index (χ1v) is 6.04. The zero-order chi connectivity index (χ0) is 12.8. The number of fused-ring (bicyclic) bond motifs is 1. The summed E-state index contributed by atoms with van der Waals surface area (Å²) in [6.07, 6.45) is 3.80. The Labute approximate surface area is 106 Å². The maximum atomic E-state index is 11.4. The smallest absolute Gasteiger partial charge is 0.205 e. The van der Waals surface area contributed by atoms with E-state index >= 15 is 0 Å². The molecule has 1 aromatic rings. The zero-order valence-electron chi connectivity index (χ0n) is 10.00. The van der Waals surface area contributed by atoms with Gasteiger partial charge in [0.1, 0.15) is 0 Å². The minimum Gasteiger partial charge on any atom is -0.289 e. The Morgan fingerprint density at radius 1 is 1.00 bits per heavy atom. The van der Waals surface area contributed by atoms with Crippen molar-refractivity contribution in [2.45, 2.75) is 26.7 Å². The van der Waals surface area contributed by atoms with E-state index in [0.717, 1.165) is 6.08 Å². The van der Waals surface area contributed by atoms with Gasteiger partial charge in [0.2, 0.25) is 5.78 Å². The number of halogens is 1. The molecule has 2 nitrogen and oxygen atoms in total. The number of allylic oxidation sites excluding steroid dienone is 2. The van der Waals surface area contributed by atoms with Crippen molar-refractivity contribution >= 4 is 23.2 Å².